The molecule has 0 amide bonds. The summed E-state index contributed by atoms with van der Waals surface area (Å²) in [7, 11) is 0. The molecule has 0 bridgehead atoms. The third-order valence-electron chi connectivity index (χ3n) is 2.58. The van der Waals surface area contributed by atoms with Crippen LogP contribution in [-0.2, 0) is 6.42 Å². The van der Waals surface area contributed by atoms with Crippen LogP contribution in [0.15, 0.2) is 34.8 Å². The third-order valence-corrected chi connectivity index (χ3v) is 4.56. The highest BCUT2D eigenvalue weighted by Gasteiger charge is 2.11. The molecule has 0 radical (unpaired) electrons. The van der Waals surface area contributed by atoms with Crippen LogP contribution in [0.1, 0.15) is 21.4 Å². The van der Waals surface area contributed by atoms with E-state index in [1.54, 1.807) is 11.3 Å². The minimum atomic E-state index is 0.0207. The predicted octanol–water partition coefficient (Wildman–Crippen LogP) is 4.71. The number of hydrogen-bond donors (Lipinski definition) is 1. The van der Waals surface area contributed by atoms with E-state index in [1.165, 1.54) is 9.75 Å². The molecule has 2 aromatic rings. The summed E-state index contributed by atoms with van der Waals surface area (Å²) in [5.74, 6) is 0. The average Bonchev–Trinajstić information content (AvgIpc) is 2.69. The zero-order valence-electron chi connectivity index (χ0n) is 9.41. The normalized spacial score (nSPS) is 12.7. The van der Waals surface area contributed by atoms with E-state index in [-0.39, 0.29) is 6.04 Å². The van der Waals surface area contributed by atoms with E-state index in [1.807, 2.05) is 18.2 Å². The first-order valence-corrected chi connectivity index (χ1v) is 7.31. The van der Waals surface area contributed by atoms with Crippen LogP contribution in [-0.4, -0.2) is 0 Å². The fourth-order valence-corrected chi connectivity index (χ4v) is 3.31. The minimum Gasteiger partial charge on any atom is -0.323 e. The van der Waals surface area contributed by atoms with Gasteiger partial charge in [0.2, 0.25) is 0 Å². The Labute approximate surface area is 119 Å². The molecule has 0 saturated heterocycles. The van der Waals surface area contributed by atoms with Crippen LogP contribution in [0.4, 0.5) is 0 Å². The lowest BCUT2D eigenvalue weighted by atomic mass is 10.1. The summed E-state index contributed by atoms with van der Waals surface area (Å²) >= 11 is 11.3. The molecule has 2 N–H and O–H groups in total. The molecule has 4 heteroatoms. The summed E-state index contributed by atoms with van der Waals surface area (Å²) in [5.41, 5.74) is 7.28. The molecule has 1 heterocycles. The minimum absolute atomic E-state index is 0.0207. The molecule has 1 atom stereocenters. The highest BCUT2D eigenvalue weighted by molar-refractivity contribution is 9.10. The van der Waals surface area contributed by atoms with Crippen LogP contribution in [0, 0.1) is 6.92 Å². The van der Waals surface area contributed by atoms with E-state index in [9.17, 15) is 0 Å². The standard InChI is InChI=1S/C13H13BrClNS/c1-8-2-5-13(17-8)12(16)6-9-3-4-10(14)7-11(9)15/h2-5,7,12H,6,16H2,1H3. The smallest absolute Gasteiger partial charge is 0.0449 e. The van der Waals surface area contributed by atoms with Crippen molar-refractivity contribution in [3.8, 4) is 0 Å². The zero-order valence-corrected chi connectivity index (χ0v) is 12.6. The summed E-state index contributed by atoms with van der Waals surface area (Å²) in [6, 6.07) is 10.1. The fourth-order valence-electron chi connectivity index (χ4n) is 1.68. The Morgan fingerprint density at radius 3 is 2.71 bits per heavy atom. The molecule has 0 aliphatic rings. The molecule has 1 unspecified atom stereocenters. The monoisotopic (exact) mass is 329 g/mol. The van der Waals surface area contributed by atoms with Crippen molar-refractivity contribution < 1.29 is 0 Å². The Balaban J connectivity index is 2.15. The van der Waals surface area contributed by atoms with Crippen molar-refractivity contribution in [2.75, 3.05) is 0 Å². The van der Waals surface area contributed by atoms with Crippen LogP contribution in [0.5, 0.6) is 0 Å². The topological polar surface area (TPSA) is 26.0 Å². The average molecular weight is 331 g/mol. The second-order valence-electron chi connectivity index (χ2n) is 3.99. The van der Waals surface area contributed by atoms with Gasteiger partial charge in [-0.15, -0.1) is 11.3 Å². The van der Waals surface area contributed by atoms with Gasteiger partial charge in [0.05, 0.1) is 0 Å². The Kier molecular flexibility index (Phi) is 4.26. The van der Waals surface area contributed by atoms with Gasteiger partial charge in [0.15, 0.2) is 0 Å². The number of thiophene rings is 1. The van der Waals surface area contributed by atoms with Gasteiger partial charge in [-0.2, -0.15) is 0 Å². The Morgan fingerprint density at radius 2 is 2.12 bits per heavy atom. The van der Waals surface area contributed by atoms with E-state index in [0.717, 1.165) is 21.5 Å². The summed E-state index contributed by atoms with van der Waals surface area (Å²) < 4.78 is 0.992. The lowest BCUT2D eigenvalue weighted by Gasteiger charge is -2.11. The molecule has 1 nitrogen and oxygen atoms in total. The van der Waals surface area contributed by atoms with Gasteiger partial charge >= 0.3 is 0 Å². The third kappa shape index (κ3) is 3.32. The molecule has 1 aromatic carbocycles. The number of hydrogen-bond acceptors (Lipinski definition) is 2. The van der Waals surface area contributed by atoms with Crippen molar-refractivity contribution in [3.05, 3.63) is 55.1 Å². The van der Waals surface area contributed by atoms with Crippen molar-refractivity contribution >= 4 is 38.9 Å². The molecule has 0 spiro atoms. The quantitative estimate of drug-likeness (QED) is 0.866. The lowest BCUT2D eigenvalue weighted by molar-refractivity contribution is 0.736. The van der Waals surface area contributed by atoms with E-state index in [4.69, 9.17) is 17.3 Å². The second-order valence-corrected chi connectivity index (χ2v) is 6.64. The van der Waals surface area contributed by atoms with Crippen molar-refractivity contribution in [2.24, 2.45) is 5.73 Å². The van der Waals surface area contributed by atoms with E-state index < -0.39 is 0 Å². The Hall–Kier alpha value is -0.350. The number of nitrogens with two attached hydrogens (primary N) is 1. The second kappa shape index (κ2) is 5.53. The molecule has 90 valence electrons. The van der Waals surface area contributed by atoms with Crippen LogP contribution in [0.3, 0.4) is 0 Å². The molecule has 17 heavy (non-hydrogen) atoms. The van der Waals surface area contributed by atoms with Gasteiger partial charge in [-0.05, 0) is 43.2 Å². The van der Waals surface area contributed by atoms with Crippen LogP contribution in [0.25, 0.3) is 0 Å². The highest BCUT2D eigenvalue weighted by atomic mass is 79.9. The van der Waals surface area contributed by atoms with Gasteiger partial charge < -0.3 is 5.73 Å². The van der Waals surface area contributed by atoms with E-state index >= 15 is 0 Å². The van der Waals surface area contributed by atoms with Gasteiger partial charge in [0, 0.05) is 25.3 Å². The Bertz CT molecular complexity index is 524. The number of benzene rings is 1. The zero-order chi connectivity index (χ0) is 12.4. The maximum absolute atomic E-state index is 6.19. The molecular formula is C13H13BrClNS. The molecule has 2 rings (SSSR count). The fraction of sp³-hybridized carbons (Fsp3) is 0.231. The highest BCUT2D eigenvalue weighted by Crippen LogP contribution is 2.28. The van der Waals surface area contributed by atoms with Gasteiger partial charge in [0.25, 0.3) is 0 Å². The van der Waals surface area contributed by atoms with Crippen molar-refractivity contribution in [1.29, 1.82) is 0 Å². The molecule has 0 aliphatic carbocycles. The van der Waals surface area contributed by atoms with Crippen molar-refractivity contribution in [3.63, 3.8) is 0 Å². The number of halogens is 2. The maximum atomic E-state index is 6.19. The van der Waals surface area contributed by atoms with Crippen LogP contribution >= 0.6 is 38.9 Å². The molecule has 0 aliphatic heterocycles. The van der Waals surface area contributed by atoms with Crippen molar-refractivity contribution in [2.45, 2.75) is 19.4 Å². The maximum Gasteiger partial charge on any atom is 0.0449 e. The van der Waals surface area contributed by atoms with Gasteiger partial charge in [-0.1, -0.05) is 33.6 Å². The first-order chi connectivity index (χ1) is 8.06. The summed E-state index contributed by atoms with van der Waals surface area (Å²) in [5, 5.41) is 0.767. The van der Waals surface area contributed by atoms with Crippen LogP contribution < -0.4 is 5.73 Å². The van der Waals surface area contributed by atoms with Gasteiger partial charge in [0.1, 0.15) is 0 Å². The van der Waals surface area contributed by atoms with Crippen LogP contribution in [0.2, 0.25) is 5.02 Å². The lowest BCUT2D eigenvalue weighted by Crippen LogP contribution is -2.12. The first kappa shape index (κ1) is 13.1. The molecular weight excluding hydrogens is 318 g/mol. The summed E-state index contributed by atoms with van der Waals surface area (Å²) in [4.78, 5) is 2.50. The summed E-state index contributed by atoms with van der Waals surface area (Å²) in [6.45, 7) is 2.09. The van der Waals surface area contributed by atoms with Crippen molar-refractivity contribution in [1.82, 2.24) is 0 Å². The molecule has 1 aromatic heterocycles. The van der Waals surface area contributed by atoms with E-state index in [2.05, 4.69) is 35.0 Å². The van der Waals surface area contributed by atoms with Gasteiger partial charge in [-0.3, -0.25) is 0 Å². The largest absolute Gasteiger partial charge is 0.323 e. The van der Waals surface area contributed by atoms with Gasteiger partial charge in [-0.25, -0.2) is 0 Å². The SMILES string of the molecule is Cc1ccc(C(N)Cc2ccc(Br)cc2Cl)s1. The predicted molar refractivity (Wildman–Crippen MR) is 78.8 cm³/mol. The molecule has 0 saturated carbocycles. The molecule has 0 fully saturated rings. The van der Waals surface area contributed by atoms with E-state index in [0.29, 0.717) is 0 Å². The number of aryl methyl sites for hydroxylation is 1. The first-order valence-electron chi connectivity index (χ1n) is 5.32. The summed E-state index contributed by atoms with van der Waals surface area (Å²) in [6.07, 6.45) is 0.770. The Morgan fingerprint density at radius 1 is 1.35 bits per heavy atom. The number of rotatable bonds is 3.